The number of rotatable bonds is 6. The van der Waals surface area contributed by atoms with Crippen molar-refractivity contribution in [2.45, 2.75) is 33.6 Å². The number of halogens is 1. The quantitative estimate of drug-likeness (QED) is 0.727. The number of aromatic nitrogens is 1. The van der Waals surface area contributed by atoms with E-state index < -0.39 is 0 Å². The molecule has 0 aliphatic carbocycles. The summed E-state index contributed by atoms with van der Waals surface area (Å²) in [6.45, 7) is 7.24. The fourth-order valence-corrected chi connectivity index (χ4v) is 2.42. The molecule has 108 valence electrons. The molecule has 0 saturated heterocycles. The molecule has 0 saturated carbocycles. The first-order chi connectivity index (χ1) is 9.69. The van der Waals surface area contributed by atoms with Crippen molar-refractivity contribution in [1.29, 1.82) is 0 Å². The van der Waals surface area contributed by atoms with Crippen molar-refractivity contribution in [3.05, 3.63) is 28.9 Å². The molecule has 1 heterocycles. The van der Waals surface area contributed by atoms with Gasteiger partial charge < -0.3 is 9.47 Å². The summed E-state index contributed by atoms with van der Waals surface area (Å²) in [7, 11) is 0. The molecule has 4 heteroatoms. The molecule has 0 bridgehead atoms. The summed E-state index contributed by atoms with van der Waals surface area (Å²) < 4.78 is 11.2. The fraction of sp³-hybridized carbons (Fsp3) is 0.438. The SMILES string of the molecule is CCCc1cc2cc(OCC)c(OCC)cc2nc1Cl. The lowest BCUT2D eigenvalue weighted by molar-refractivity contribution is 0.288. The van der Waals surface area contributed by atoms with Gasteiger partial charge in [0.1, 0.15) is 5.15 Å². The largest absolute Gasteiger partial charge is 0.490 e. The highest BCUT2D eigenvalue weighted by atomic mass is 35.5. The lowest BCUT2D eigenvalue weighted by atomic mass is 10.1. The molecular weight excluding hydrogens is 274 g/mol. The van der Waals surface area contributed by atoms with Crippen molar-refractivity contribution in [1.82, 2.24) is 4.98 Å². The number of nitrogens with zero attached hydrogens (tertiary/aromatic N) is 1. The van der Waals surface area contributed by atoms with E-state index in [1.54, 1.807) is 0 Å². The molecule has 0 atom stereocenters. The number of benzene rings is 1. The lowest BCUT2D eigenvalue weighted by Crippen LogP contribution is -1.99. The minimum Gasteiger partial charge on any atom is -0.490 e. The van der Waals surface area contributed by atoms with Gasteiger partial charge >= 0.3 is 0 Å². The summed E-state index contributed by atoms with van der Waals surface area (Å²) in [6, 6.07) is 5.96. The van der Waals surface area contributed by atoms with E-state index in [0.29, 0.717) is 24.1 Å². The van der Waals surface area contributed by atoms with Gasteiger partial charge in [-0.3, -0.25) is 0 Å². The van der Waals surface area contributed by atoms with E-state index in [1.165, 1.54) is 0 Å². The topological polar surface area (TPSA) is 31.4 Å². The van der Waals surface area contributed by atoms with Crippen LogP contribution in [0.15, 0.2) is 18.2 Å². The first kappa shape index (κ1) is 14.9. The van der Waals surface area contributed by atoms with Crippen molar-refractivity contribution < 1.29 is 9.47 Å². The molecule has 1 aromatic heterocycles. The lowest BCUT2D eigenvalue weighted by Gasteiger charge is -2.13. The molecule has 2 aromatic rings. The molecular formula is C16H20ClNO2. The maximum Gasteiger partial charge on any atom is 0.163 e. The van der Waals surface area contributed by atoms with Gasteiger partial charge in [-0.05, 0) is 38.0 Å². The van der Waals surface area contributed by atoms with Gasteiger partial charge in [0.15, 0.2) is 11.5 Å². The molecule has 2 rings (SSSR count). The van der Waals surface area contributed by atoms with E-state index in [1.807, 2.05) is 26.0 Å². The molecule has 20 heavy (non-hydrogen) atoms. The van der Waals surface area contributed by atoms with Crippen LogP contribution in [0.3, 0.4) is 0 Å². The molecule has 0 radical (unpaired) electrons. The Kier molecular flexibility index (Phi) is 5.07. The third-order valence-electron chi connectivity index (χ3n) is 3.03. The highest BCUT2D eigenvalue weighted by Crippen LogP contribution is 2.33. The molecule has 0 amide bonds. The first-order valence-corrected chi connectivity index (χ1v) is 7.46. The number of hydrogen-bond donors (Lipinski definition) is 0. The van der Waals surface area contributed by atoms with Crippen molar-refractivity contribution in [3.63, 3.8) is 0 Å². The van der Waals surface area contributed by atoms with Gasteiger partial charge in [-0.15, -0.1) is 0 Å². The van der Waals surface area contributed by atoms with Crippen LogP contribution in [0.5, 0.6) is 11.5 Å². The summed E-state index contributed by atoms with van der Waals surface area (Å²) >= 11 is 6.23. The molecule has 0 unspecified atom stereocenters. The van der Waals surface area contributed by atoms with E-state index >= 15 is 0 Å². The zero-order valence-electron chi connectivity index (χ0n) is 12.2. The maximum atomic E-state index is 6.23. The van der Waals surface area contributed by atoms with Crippen LogP contribution in [-0.4, -0.2) is 18.2 Å². The van der Waals surface area contributed by atoms with Crippen LogP contribution in [0, 0.1) is 0 Å². The zero-order valence-corrected chi connectivity index (χ0v) is 13.0. The number of fused-ring (bicyclic) bond motifs is 1. The summed E-state index contributed by atoms with van der Waals surface area (Å²) in [4.78, 5) is 4.47. The van der Waals surface area contributed by atoms with Crippen LogP contribution in [0.25, 0.3) is 10.9 Å². The Morgan fingerprint density at radius 2 is 1.65 bits per heavy atom. The first-order valence-electron chi connectivity index (χ1n) is 7.08. The van der Waals surface area contributed by atoms with E-state index in [4.69, 9.17) is 21.1 Å². The molecule has 1 aromatic carbocycles. The van der Waals surface area contributed by atoms with E-state index in [-0.39, 0.29) is 0 Å². The third-order valence-corrected chi connectivity index (χ3v) is 3.35. The van der Waals surface area contributed by atoms with Crippen LogP contribution in [0.4, 0.5) is 0 Å². The minimum absolute atomic E-state index is 0.575. The van der Waals surface area contributed by atoms with Crippen LogP contribution >= 0.6 is 11.6 Å². The Balaban J connectivity index is 2.54. The molecule has 3 nitrogen and oxygen atoms in total. The zero-order chi connectivity index (χ0) is 14.5. The van der Waals surface area contributed by atoms with Crippen LogP contribution in [0.2, 0.25) is 5.15 Å². The van der Waals surface area contributed by atoms with E-state index in [9.17, 15) is 0 Å². The normalized spacial score (nSPS) is 10.8. The Hall–Kier alpha value is -1.48. The predicted molar refractivity (Wildman–Crippen MR) is 83.1 cm³/mol. The van der Waals surface area contributed by atoms with Gasteiger partial charge in [0.2, 0.25) is 0 Å². The van der Waals surface area contributed by atoms with Crippen molar-refractivity contribution in [2.24, 2.45) is 0 Å². The Labute approximate surface area is 124 Å². The highest BCUT2D eigenvalue weighted by molar-refractivity contribution is 6.30. The van der Waals surface area contributed by atoms with Gasteiger partial charge in [-0.2, -0.15) is 0 Å². The smallest absolute Gasteiger partial charge is 0.163 e. The second-order valence-electron chi connectivity index (χ2n) is 4.55. The number of ether oxygens (including phenoxy) is 2. The van der Waals surface area contributed by atoms with Gasteiger partial charge in [0, 0.05) is 11.5 Å². The second kappa shape index (κ2) is 6.80. The fourth-order valence-electron chi connectivity index (χ4n) is 2.18. The summed E-state index contributed by atoms with van der Waals surface area (Å²) in [5, 5.41) is 1.61. The number of hydrogen-bond acceptors (Lipinski definition) is 3. The van der Waals surface area contributed by atoms with E-state index in [2.05, 4.69) is 18.0 Å². The maximum absolute atomic E-state index is 6.23. The van der Waals surface area contributed by atoms with Crippen LogP contribution < -0.4 is 9.47 Å². The number of pyridine rings is 1. The molecule has 0 fully saturated rings. The second-order valence-corrected chi connectivity index (χ2v) is 4.90. The Bertz CT molecular complexity index is 599. The predicted octanol–water partition coefficient (Wildman–Crippen LogP) is 4.64. The molecule has 0 N–H and O–H groups in total. The molecule has 0 aliphatic rings. The van der Waals surface area contributed by atoms with Crippen LogP contribution in [-0.2, 0) is 6.42 Å². The summed E-state index contributed by atoms with van der Waals surface area (Å²) in [5.74, 6) is 1.47. The standard InChI is InChI=1S/C16H20ClNO2/c1-4-7-11-8-12-9-14(19-5-2)15(20-6-3)10-13(12)18-16(11)17/h8-10H,4-7H2,1-3H3. The van der Waals surface area contributed by atoms with Crippen molar-refractivity contribution in [2.75, 3.05) is 13.2 Å². The molecule has 0 aliphatic heterocycles. The molecule has 0 spiro atoms. The Morgan fingerprint density at radius 3 is 2.25 bits per heavy atom. The monoisotopic (exact) mass is 293 g/mol. The van der Waals surface area contributed by atoms with Gasteiger partial charge in [-0.1, -0.05) is 24.9 Å². The van der Waals surface area contributed by atoms with Gasteiger partial charge in [0.25, 0.3) is 0 Å². The van der Waals surface area contributed by atoms with Crippen molar-refractivity contribution in [3.8, 4) is 11.5 Å². The average Bonchev–Trinajstić information content (AvgIpc) is 2.42. The van der Waals surface area contributed by atoms with Gasteiger partial charge in [-0.25, -0.2) is 4.98 Å². The summed E-state index contributed by atoms with van der Waals surface area (Å²) in [6.07, 6.45) is 1.97. The average molecular weight is 294 g/mol. The van der Waals surface area contributed by atoms with Gasteiger partial charge in [0.05, 0.1) is 18.7 Å². The van der Waals surface area contributed by atoms with E-state index in [0.717, 1.165) is 35.1 Å². The highest BCUT2D eigenvalue weighted by Gasteiger charge is 2.11. The van der Waals surface area contributed by atoms with Crippen LogP contribution in [0.1, 0.15) is 32.8 Å². The third kappa shape index (κ3) is 3.15. The number of aryl methyl sites for hydroxylation is 1. The van der Waals surface area contributed by atoms with Crippen molar-refractivity contribution >= 4 is 22.5 Å². The Morgan fingerprint density at radius 1 is 1.00 bits per heavy atom. The minimum atomic E-state index is 0.575. The summed E-state index contributed by atoms with van der Waals surface area (Å²) in [5.41, 5.74) is 1.91.